The molecule has 0 bridgehead atoms. The first-order valence-electron chi connectivity index (χ1n) is 6.44. The predicted octanol–water partition coefficient (Wildman–Crippen LogP) is 2.31. The van der Waals surface area contributed by atoms with E-state index in [9.17, 15) is 21.2 Å². The lowest BCUT2D eigenvalue weighted by atomic mass is 10.2. The van der Waals surface area contributed by atoms with E-state index in [2.05, 4.69) is 9.44 Å². The number of benzene rings is 2. The average Bonchev–Trinajstić information content (AvgIpc) is 2.42. The summed E-state index contributed by atoms with van der Waals surface area (Å²) in [7, 11) is -7.55. The maximum absolute atomic E-state index is 13.3. The Labute approximate surface area is 134 Å². The van der Waals surface area contributed by atoms with E-state index in [0.29, 0.717) is 0 Å². The minimum Gasteiger partial charge on any atom is -0.282 e. The van der Waals surface area contributed by atoms with Gasteiger partial charge in [-0.3, -0.25) is 9.44 Å². The molecule has 0 heterocycles. The summed E-state index contributed by atoms with van der Waals surface area (Å²) in [6.07, 6.45) is 0.960. The van der Waals surface area contributed by atoms with Gasteiger partial charge in [-0.05, 0) is 42.8 Å². The van der Waals surface area contributed by atoms with Crippen LogP contribution in [0, 0.1) is 12.7 Å². The smallest absolute Gasteiger partial charge is 0.261 e. The van der Waals surface area contributed by atoms with Gasteiger partial charge in [-0.1, -0.05) is 12.1 Å². The zero-order chi connectivity index (χ0) is 17.3. The molecule has 0 spiro atoms. The van der Waals surface area contributed by atoms with Gasteiger partial charge in [-0.2, -0.15) is 0 Å². The summed E-state index contributed by atoms with van der Waals surface area (Å²) in [4.78, 5) is -0.120. The fourth-order valence-electron chi connectivity index (χ4n) is 1.85. The van der Waals surface area contributed by atoms with Crippen LogP contribution in [0.15, 0.2) is 47.4 Å². The molecule has 2 aromatic rings. The van der Waals surface area contributed by atoms with Gasteiger partial charge in [0.15, 0.2) is 0 Å². The number of anilines is 2. The van der Waals surface area contributed by atoms with Gasteiger partial charge in [0.2, 0.25) is 10.0 Å². The van der Waals surface area contributed by atoms with Gasteiger partial charge < -0.3 is 0 Å². The third kappa shape index (κ3) is 4.42. The lowest BCUT2D eigenvalue weighted by Crippen LogP contribution is -2.16. The highest BCUT2D eigenvalue weighted by atomic mass is 32.2. The second-order valence-corrected chi connectivity index (χ2v) is 8.37. The maximum Gasteiger partial charge on any atom is 0.261 e. The Balaban J connectivity index is 2.40. The summed E-state index contributed by atoms with van der Waals surface area (Å²) in [5, 5.41) is 0. The minimum atomic E-state index is -3.98. The van der Waals surface area contributed by atoms with Crippen molar-refractivity contribution in [1.82, 2.24) is 0 Å². The lowest BCUT2D eigenvalue weighted by molar-refractivity contribution is 0.597. The van der Waals surface area contributed by atoms with Gasteiger partial charge in [0.1, 0.15) is 5.82 Å². The molecule has 6 nitrogen and oxygen atoms in total. The third-order valence-electron chi connectivity index (χ3n) is 2.91. The van der Waals surface area contributed by atoms with Gasteiger partial charge in [0.25, 0.3) is 10.0 Å². The zero-order valence-corrected chi connectivity index (χ0v) is 14.0. The van der Waals surface area contributed by atoms with Crippen LogP contribution in [-0.4, -0.2) is 23.1 Å². The van der Waals surface area contributed by atoms with Crippen molar-refractivity contribution in [3.8, 4) is 0 Å². The topological polar surface area (TPSA) is 92.3 Å². The molecule has 0 amide bonds. The van der Waals surface area contributed by atoms with Crippen molar-refractivity contribution in [1.29, 1.82) is 0 Å². The van der Waals surface area contributed by atoms with Crippen LogP contribution in [0.4, 0.5) is 15.8 Å². The molecule has 0 radical (unpaired) electrons. The molecule has 0 aliphatic rings. The van der Waals surface area contributed by atoms with Crippen LogP contribution in [0.5, 0.6) is 0 Å². The van der Waals surface area contributed by atoms with Crippen molar-refractivity contribution < 1.29 is 21.2 Å². The highest BCUT2D eigenvalue weighted by Crippen LogP contribution is 2.25. The summed E-state index contributed by atoms with van der Waals surface area (Å²) in [5.74, 6) is -0.511. The van der Waals surface area contributed by atoms with Gasteiger partial charge >= 0.3 is 0 Å². The van der Waals surface area contributed by atoms with E-state index < -0.39 is 25.9 Å². The Hall–Kier alpha value is -2.13. The van der Waals surface area contributed by atoms with E-state index in [-0.39, 0.29) is 21.8 Å². The standard InChI is InChI=1S/C14H15FN2O4S2/c1-10-9-11(7-8-12(10)15)23(20,21)17-14-6-4-3-5-13(14)16-22(2,18)19/h3-9,16-17H,1-2H3. The third-order valence-corrected chi connectivity index (χ3v) is 4.86. The number of hydrogen-bond acceptors (Lipinski definition) is 4. The molecule has 0 saturated carbocycles. The van der Waals surface area contributed by atoms with Crippen molar-refractivity contribution in [3.05, 3.63) is 53.8 Å². The number of sulfonamides is 2. The molecular weight excluding hydrogens is 343 g/mol. The van der Waals surface area contributed by atoms with E-state index in [1.54, 1.807) is 12.1 Å². The number of para-hydroxylation sites is 2. The second-order valence-electron chi connectivity index (χ2n) is 4.94. The van der Waals surface area contributed by atoms with Crippen molar-refractivity contribution in [2.24, 2.45) is 0 Å². The Morgan fingerprint density at radius 1 is 0.913 bits per heavy atom. The molecule has 23 heavy (non-hydrogen) atoms. The minimum absolute atomic E-state index is 0.0694. The van der Waals surface area contributed by atoms with Crippen LogP contribution < -0.4 is 9.44 Å². The van der Waals surface area contributed by atoms with Crippen LogP contribution in [0.1, 0.15) is 5.56 Å². The zero-order valence-electron chi connectivity index (χ0n) is 12.4. The van der Waals surface area contributed by atoms with Gasteiger partial charge in [0, 0.05) is 0 Å². The van der Waals surface area contributed by atoms with Crippen LogP contribution in [0.25, 0.3) is 0 Å². The van der Waals surface area contributed by atoms with Crippen LogP contribution >= 0.6 is 0 Å². The quantitative estimate of drug-likeness (QED) is 0.858. The predicted molar refractivity (Wildman–Crippen MR) is 86.9 cm³/mol. The Bertz CT molecular complexity index is 941. The first-order chi connectivity index (χ1) is 10.6. The highest BCUT2D eigenvalue weighted by Gasteiger charge is 2.18. The second kappa shape index (κ2) is 6.17. The fraction of sp³-hybridized carbons (Fsp3) is 0.143. The molecule has 0 atom stereocenters. The van der Waals surface area contributed by atoms with Crippen molar-refractivity contribution in [3.63, 3.8) is 0 Å². The summed E-state index contributed by atoms with van der Waals surface area (Å²) in [6, 6.07) is 9.36. The normalized spacial score (nSPS) is 12.0. The molecule has 0 unspecified atom stereocenters. The molecular formula is C14H15FN2O4S2. The van der Waals surface area contributed by atoms with Crippen LogP contribution in [0.2, 0.25) is 0 Å². The highest BCUT2D eigenvalue weighted by molar-refractivity contribution is 7.93. The Kier molecular flexibility index (Phi) is 4.62. The summed E-state index contributed by atoms with van der Waals surface area (Å²) >= 11 is 0. The van der Waals surface area contributed by atoms with Gasteiger partial charge in [0.05, 0.1) is 22.5 Å². The lowest BCUT2D eigenvalue weighted by Gasteiger charge is -2.13. The number of hydrogen-bond donors (Lipinski definition) is 2. The number of nitrogens with one attached hydrogen (secondary N) is 2. The van der Waals surface area contributed by atoms with E-state index >= 15 is 0 Å². The molecule has 9 heteroatoms. The van der Waals surface area contributed by atoms with Crippen LogP contribution in [-0.2, 0) is 20.0 Å². The summed E-state index contributed by atoms with van der Waals surface area (Å²) in [5.41, 5.74) is 0.354. The largest absolute Gasteiger partial charge is 0.282 e. The molecule has 2 N–H and O–H groups in total. The molecule has 2 aromatic carbocycles. The first kappa shape index (κ1) is 17.2. The Morgan fingerprint density at radius 2 is 1.48 bits per heavy atom. The number of halogens is 1. The van der Waals surface area contributed by atoms with Gasteiger partial charge in [-0.25, -0.2) is 21.2 Å². The fourth-order valence-corrected chi connectivity index (χ4v) is 3.59. The van der Waals surface area contributed by atoms with E-state index in [1.807, 2.05) is 0 Å². The van der Waals surface area contributed by atoms with E-state index in [1.165, 1.54) is 25.1 Å². The summed E-state index contributed by atoms with van der Waals surface area (Å²) in [6.45, 7) is 1.45. The molecule has 0 aliphatic carbocycles. The molecule has 2 rings (SSSR count). The molecule has 124 valence electrons. The maximum atomic E-state index is 13.3. The molecule has 0 saturated heterocycles. The molecule has 0 fully saturated rings. The average molecular weight is 358 g/mol. The Morgan fingerprint density at radius 3 is 2.00 bits per heavy atom. The van der Waals surface area contributed by atoms with Crippen molar-refractivity contribution in [2.75, 3.05) is 15.7 Å². The number of aryl methyl sites for hydroxylation is 1. The monoisotopic (exact) mass is 358 g/mol. The van der Waals surface area contributed by atoms with Crippen molar-refractivity contribution >= 4 is 31.4 Å². The van der Waals surface area contributed by atoms with Gasteiger partial charge in [-0.15, -0.1) is 0 Å². The number of rotatable bonds is 5. The SMILES string of the molecule is Cc1cc(S(=O)(=O)Nc2ccccc2NS(C)(=O)=O)ccc1F. The summed E-state index contributed by atoms with van der Waals surface area (Å²) < 4.78 is 65.2. The molecule has 0 aromatic heterocycles. The van der Waals surface area contributed by atoms with E-state index in [4.69, 9.17) is 0 Å². The molecule has 0 aliphatic heterocycles. The van der Waals surface area contributed by atoms with Crippen molar-refractivity contribution in [2.45, 2.75) is 11.8 Å². The first-order valence-corrected chi connectivity index (χ1v) is 9.82. The van der Waals surface area contributed by atoms with Crippen LogP contribution in [0.3, 0.4) is 0 Å². The van der Waals surface area contributed by atoms with E-state index in [0.717, 1.165) is 18.4 Å².